The summed E-state index contributed by atoms with van der Waals surface area (Å²) in [5.74, 6) is 0. The minimum absolute atomic E-state index is 0.576. The van der Waals surface area contributed by atoms with Crippen molar-refractivity contribution in [1.82, 2.24) is 4.98 Å². The summed E-state index contributed by atoms with van der Waals surface area (Å²) in [6.45, 7) is 2.85. The minimum atomic E-state index is 0.576. The normalized spacial score (nSPS) is 10.3. The molecule has 3 heteroatoms. The minimum Gasteiger partial charge on any atom is -0.370 e. The van der Waals surface area contributed by atoms with Gasteiger partial charge in [-0.15, -0.1) is 0 Å². The van der Waals surface area contributed by atoms with Gasteiger partial charge >= 0.3 is 0 Å². The van der Waals surface area contributed by atoms with Crippen LogP contribution in [0.25, 0.3) is 0 Å². The van der Waals surface area contributed by atoms with Crippen molar-refractivity contribution < 1.29 is 0 Å². The van der Waals surface area contributed by atoms with Crippen molar-refractivity contribution in [2.45, 2.75) is 13.5 Å². The van der Waals surface area contributed by atoms with Crippen LogP contribution in [-0.4, -0.2) is 12.0 Å². The molecule has 0 atom stereocenters. The Morgan fingerprint density at radius 1 is 1.24 bits per heavy atom. The Hall–Kier alpha value is -1.54. The highest BCUT2D eigenvalue weighted by atomic mass is 35.5. The predicted octanol–water partition coefficient (Wildman–Crippen LogP) is 3.68. The molecule has 17 heavy (non-hydrogen) atoms. The number of anilines is 1. The Morgan fingerprint density at radius 2 is 2.06 bits per heavy atom. The highest BCUT2D eigenvalue weighted by Gasteiger charge is 2.05. The van der Waals surface area contributed by atoms with Crippen LogP contribution >= 0.6 is 11.6 Å². The zero-order valence-electron chi connectivity index (χ0n) is 10.0. The monoisotopic (exact) mass is 246 g/mol. The first kappa shape index (κ1) is 11.9. The number of halogens is 1. The van der Waals surface area contributed by atoms with Gasteiger partial charge in [0.25, 0.3) is 0 Å². The standard InChI is InChI=1S/C14H15ClN2/c1-11-5-3-7-13(9-11)17(2)10-12-6-4-8-16-14(12)15/h3-9H,10H2,1-2H3. The molecule has 0 spiro atoms. The number of pyridine rings is 1. The molecule has 0 bridgehead atoms. The summed E-state index contributed by atoms with van der Waals surface area (Å²) in [4.78, 5) is 6.24. The maximum absolute atomic E-state index is 6.05. The molecule has 0 aliphatic rings. The van der Waals surface area contributed by atoms with Crippen molar-refractivity contribution in [3.8, 4) is 0 Å². The zero-order chi connectivity index (χ0) is 12.3. The highest BCUT2D eigenvalue weighted by molar-refractivity contribution is 6.30. The van der Waals surface area contributed by atoms with E-state index in [4.69, 9.17) is 11.6 Å². The molecule has 2 rings (SSSR count). The van der Waals surface area contributed by atoms with Gasteiger partial charge in [0.2, 0.25) is 0 Å². The van der Waals surface area contributed by atoms with Crippen LogP contribution in [0.4, 0.5) is 5.69 Å². The van der Waals surface area contributed by atoms with E-state index in [0.717, 1.165) is 12.1 Å². The summed E-state index contributed by atoms with van der Waals surface area (Å²) in [7, 11) is 2.05. The third kappa shape index (κ3) is 2.98. The lowest BCUT2D eigenvalue weighted by atomic mass is 10.2. The van der Waals surface area contributed by atoms with Crippen LogP contribution in [0.15, 0.2) is 42.6 Å². The summed E-state index contributed by atoms with van der Waals surface area (Å²) < 4.78 is 0. The first-order valence-corrected chi connectivity index (χ1v) is 5.92. The van der Waals surface area contributed by atoms with Gasteiger partial charge in [-0.1, -0.05) is 29.8 Å². The fraction of sp³-hybridized carbons (Fsp3) is 0.214. The number of hydrogen-bond donors (Lipinski definition) is 0. The zero-order valence-corrected chi connectivity index (χ0v) is 10.8. The van der Waals surface area contributed by atoms with Gasteiger partial charge in [0.15, 0.2) is 0 Å². The molecule has 88 valence electrons. The Balaban J connectivity index is 2.17. The summed E-state index contributed by atoms with van der Waals surface area (Å²) in [6.07, 6.45) is 1.71. The number of nitrogens with zero attached hydrogens (tertiary/aromatic N) is 2. The van der Waals surface area contributed by atoms with Crippen molar-refractivity contribution >= 4 is 17.3 Å². The smallest absolute Gasteiger partial charge is 0.133 e. The quantitative estimate of drug-likeness (QED) is 0.768. The average molecular weight is 247 g/mol. The Kier molecular flexibility index (Phi) is 3.64. The highest BCUT2D eigenvalue weighted by Crippen LogP contribution is 2.19. The van der Waals surface area contributed by atoms with Gasteiger partial charge in [-0.3, -0.25) is 0 Å². The molecule has 0 saturated heterocycles. The van der Waals surface area contributed by atoms with E-state index in [-0.39, 0.29) is 0 Å². The van der Waals surface area contributed by atoms with Gasteiger partial charge in [0.05, 0.1) is 0 Å². The van der Waals surface area contributed by atoms with Crippen LogP contribution in [0.5, 0.6) is 0 Å². The van der Waals surface area contributed by atoms with Gasteiger partial charge in [-0.2, -0.15) is 0 Å². The molecular weight excluding hydrogens is 232 g/mol. The molecule has 1 aromatic carbocycles. The molecule has 0 amide bonds. The second-order valence-corrected chi connectivity index (χ2v) is 4.51. The lowest BCUT2D eigenvalue weighted by Crippen LogP contribution is -2.16. The van der Waals surface area contributed by atoms with E-state index in [1.807, 2.05) is 12.1 Å². The number of rotatable bonds is 3. The summed E-state index contributed by atoms with van der Waals surface area (Å²) in [5, 5.41) is 0.576. The Bertz CT molecular complexity index is 511. The van der Waals surface area contributed by atoms with Gasteiger partial charge in [0.1, 0.15) is 5.15 Å². The molecule has 0 fully saturated rings. The number of aromatic nitrogens is 1. The number of benzene rings is 1. The topological polar surface area (TPSA) is 16.1 Å². The lowest BCUT2D eigenvalue weighted by molar-refractivity contribution is 0.914. The molecule has 0 aliphatic heterocycles. The largest absolute Gasteiger partial charge is 0.370 e. The SMILES string of the molecule is Cc1cccc(N(C)Cc2cccnc2Cl)c1. The lowest BCUT2D eigenvalue weighted by Gasteiger charge is -2.20. The van der Waals surface area contributed by atoms with Crippen LogP contribution < -0.4 is 4.90 Å². The fourth-order valence-electron chi connectivity index (χ4n) is 1.75. The van der Waals surface area contributed by atoms with Crippen LogP contribution in [0.2, 0.25) is 5.15 Å². The van der Waals surface area contributed by atoms with Crippen molar-refractivity contribution in [1.29, 1.82) is 0 Å². The van der Waals surface area contributed by atoms with Crippen molar-refractivity contribution in [2.24, 2.45) is 0 Å². The molecule has 0 unspecified atom stereocenters. The van der Waals surface area contributed by atoms with E-state index < -0.39 is 0 Å². The predicted molar refractivity (Wildman–Crippen MR) is 72.5 cm³/mol. The van der Waals surface area contributed by atoms with Crippen LogP contribution in [0, 0.1) is 6.92 Å². The first-order chi connectivity index (χ1) is 8.16. The molecule has 2 nitrogen and oxygen atoms in total. The van der Waals surface area contributed by atoms with E-state index in [2.05, 4.69) is 48.1 Å². The molecule has 0 radical (unpaired) electrons. The summed E-state index contributed by atoms with van der Waals surface area (Å²) >= 11 is 6.05. The van der Waals surface area contributed by atoms with Crippen LogP contribution in [0.1, 0.15) is 11.1 Å². The molecule has 0 saturated carbocycles. The van der Waals surface area contributed by atoms with Crippen LogP contribution in [0.3, 0.4) is 0 Å². The van der Waals surface area contributed by atoms with E-state index in [1.165, 1.54) is 11.3 Å². The van der Waals surface area contributed by atoms with Gasteiger partial charge in [-0.25, -0.2) is 4.98 Å². The summed E-state index contributed by atoms with van der Waals surface area (Å²) in [5.41, 5.74) is 3.48. The maximum atomic E-state index is 6.05. The second-order valence-electron chi connectivity index (χ2n) is 4.15. The fourth-order valence-corrected chi connectivity index (χ4v) is 1.93. The number of hydrogen-bond acceptors (Lipinski definition) is 2. The molecule has 1 heterocycles. The van der Waals surface area contributed by atoms with Crippen molar-refractivity contribution in [3.05, 3.63) is 58.9 Å². The van der Waals surface area contributed by atoms with Gasteiger partial charge < -0.3 is 4.90 Å². The molecule has 0 aliphatic carbocycles. The molecule has 0 N–H and O–H groups in total. The third-order valence-corrected chi connectivity index (χ3v) is 3.03. The first-order valence-electron chi connectivity index (χ1n) is 5.54. The molecular formula is C14H15ClN2. The van der Waals surface area contributed by atoms with Crippen molar-refractivity contribution in [3.63, 3.8) is 0 Å². The molecule has 2 aromatic rings. The second kappa shape index (κ2) is 5.19. The van der Waals surface area contributed by atoms with E-state index >= 15 is 0 Å². The van der Waals surface area contributed by atoms with Gasteiger partial charge in [0, 0.05) is 31.0 Å². The summed E-state index contributed by atoms with van der Waals surface area (Å²) in [6, 6.07) is 12.3. The van der Waals surface area contributed by atoms with E-state index in [1.54, 1.807) is 6.20 Å². The Morgan fingerprint density at radius 3 is 2.76 bits per heavy atom. The Labute approximate surface area is 107 Å². The average Bonchev–Trinajstić information content (AvgIpc) is 2.32. The number of aryl methyl sites for hydroxylation is 1. The molecule has 1 aromatic heterocycles. The van der Waals surface area contributed by atoms with E-state index in [0.29, 0.717) is 5.15 Å². The maximum Gasteiger partial charge on any atom is 0.133 e. The van der Waals surface area contributed by atoms with Crippen molar-refractivity contribution in [2.75, 3.05) is 11.9 Å². The van der Waals surface area contributed by atoms with Gasteiger partial charge in [-0.05, 0) is 30.7 Å². The van der Waals surface area contributed by atoms with E-state index in [9.17, 15) is 0 Å². The third-order valence-electron chi connectivity index (χ3n) is 2.69. The van der Waals surface area contributed by atoms with Crippen LogP contribution in [-0.2, 0) is 6.54 Å².